The molecule has 1 saturated heterocycles. The highest BCUT2D eigenvalue weighted by Crippen LogP contribution is 2.36. The van der Waals surface area contributed by atoms with Gasteiger partial charge in [0, 0.05) is 18.6 Å². The Morgan fingerprint density at radius 1 is 1.19 bits per heavy atom. The SMILES string of the molecule is CC(C)(C)C(N)CN1CCC2CCCCC21. The van der Waals surface area contributed by atoms with E-state index < -0.39 is 0 Å². The average molecular weight is 224 g/mol. The lowest BCUT2D eigenvalue weighted by molar-refractivity contribution is 0.147. The van der Waals surface area contributed by atoms with Gasteiger partial charge in [-0.3, -0.25) is 4.90 Å². The summed E-state index contributed by atoms with van der Waals surface area (Å²) >= 11 is 0. The highest BCUT2D eigenvalue weighted by atomic mass is 15.2. The van der Waals surface area contributed by atoms with Crippen LogP contribution in [0.3, 0.4) is 0 Å². The fourth-order valence-corrected chi connectivity index (χ4v) is 3.26. The summed E-state index contributed by atoms with van der Waals surface area (Å²) in [6, 6.07) is 1.18. The van der Waals surface area contributed by atoms with Gasteiger partial charge in [-0.05, 0) is 37.1 Å². The van der Waals surface area contributed by atoms with E-state index in [-0.39, 0.29) is 5.41 Å². The van der Waals surface area contributed by atoms with Crippen molar-refractivity contribution in [2.24, 2.45) is 17.1 Å². The van der Waals surface area contributed by atoms with E-state index in [4.69, 9.17) is 5.73 Å². The van der Waals surface area contributed by atoms with E-state index in [1.165, 1.54) is 38.6 Å². The van der Waals surface area contributed by atoms with Crippen molar-refractivity contribution in [1.29, 1.82) is 0 Å². The number of hydrogen-bond donors (Lipinski definition) is 1. The number of hydrogen-bond acceptors (Lipinski definition) is 2. The quantitative estimate of drug-likeness (QED) is 0.781. The monoisotopic (exact) mass is 224 g/mol. The lowest BCUT2D eigenvalue weighted by Crippen LogP contribution is -2.47. The molecule has 3 atom stereocenters. The summed E-state index contributed by atoms with van der Waals surface area (Å²) in [5, 5.41) is 0. The first-order valence-electron chi connectivity index (χ1n) is 6.98. The van der Waals surface area contributed by atoms with Crippen LogP contribution >= 0.6 is 0 Å². The number of nitrogens with zero attached hydrogens (tertiary/aromatic N) is 1. The molecule has 2 aliphatic rings. The van der Waals surface area contributed by atoms with Crippen LogP contribution in [-0.4, -0.2) is 30.1 Å². The molecular formula is C14H28N2. The van der Waals surface area contributed by atoms with Crippen LogP contribution in [0.25, 0.3) is 0 Å². The molecule has 2 N–H and O–H groups in total. The first-order valence-corrected chi connectivity index (χ1v) is 6.98. The first-order chi connectivity index (χ1) is 7.48. The predicted octanol–water partition coefficient (Wildman–Crippen LogP) is 2.62. The summed E-state index contributed by atoms with van der Waals surface area (Å²) in [5.74, 6) is 0.987. The van der Waals surface area contributed by atoms with Crippen LogP contribution in [-0.2, 0) is 0 Å². The van der Waals surface area contributed by atoms with E-state index in [2.05, 4.69) is 25.7 Å². The molecule has 1 aliphatic heterocycles. The van der Waals surface area contributed by atoms with Gasteiger partial charge in [-0.2, -0.15) is 0 Å². The molecule has 0 bridgehead atoms. The lowest BCUT2D eigenvalue weighted by atomic mass is 9.84. The lowest BCUT2D eigenvalue weighted by Gasteiger charge is -2.36. The molecule has 1 heterocycles. The van der Waals surface area contributed by atoms with Gasteiger partial charge in [0.05, 0.1) is 0 Å². The van der Waals surface area contributed by atoms with Crippen molar-refractivity contribution in [2.75, 3.05) is 13.1 Å². The van der Waals surface area contributed by atoms with Gasteiger partial charge in [-0.15, -0.1) is 0 Å². The third-order valence-corrected chi connectivity index (χ3v) is 4.67. The molecule has 0 radical (unpaired) electrons. The van der Waals surface area contributed by atoms with Gasteiger partial charge < -0.3 is 5.73 Å². The van der Waals surface area contributed by atoms with Crippen LogP contribution in [0.5, 0.6) is 0 Å². The maximum absolute atomic E-state index is 6.31. The number of rotatable bonds is 2. The van der Waals surface area contributed by atoms with E-state index in [1.807, 2.05) is 0 Å². The van der Waals surface area contributed by atoms with Crippen LogP contribution in [0.1, 0.15) is 52.9 Å². The normalized spacial score (nSPS) is 33.8. The molecule has 2 nitrogen and oxygen atoms in total. The van der Waals surface area contributed by atoms with Gasteiger partial charge in [0.2, 0.25) is 0 Å². The van der Waals surface area contributed by atoms with Crippen molar-refractivity contribution in [3.8, 4) is 0 Å². The molecule has 0 aromatic heterocycles. The second-order valence-corrected chi connectivity index (χ2v) is 6.87. The minimum Gasteiger partial charge on any atom is -0.326 e. The molecule has 1 aliphatic carbocycles. The number of likely N-dealkylation sites (tertiary alicyclic amines) is 1. The Morgan fingerprint density at radius 3 is 2.56 bits per heavy atom. The third-order valence-electron chi connectivity index (χ3n) is 4.67. The second-order valence-electron chi connectivity index (χ2n) is 6.87. The summed E-state index contributed by atoms with van der Waals surface area (Å²) in [5.41, 5.74) is 6.55. The zero-order chi connectivity index (χ0) is 11.8. The highest BCUT2D eigenvalue weighted by molar-refractivity contribution is 4.92. The molecule has 1 saturated carbocycles. The standard InChI is InChI=1S/C14H28N2/c1-14(2,3)13(15)10-16-9-8-11-6-4-5-7-12(11)16/h11-13H,4-10,15H2,1-3H3. The molecule has 16 heavy (non-hydrogen) atoms. The van der Waals surface area contributed by atoms with E-state index in [1.54, 1.807) is 0 Å². The summed E-state index contributed by atoms with van der Waals surface area (Å²) < 4.78 is 0. The molecule has 2 fully saturated rings. The Kier molecular flexibility index (Phi) is 3.60. The van der Waals surface area contributed by atoms with Crippen molar-refractivity contribution in [1.82, 2.24) is 4.90 Å². The smallest absolute Gasteiger partial charge is 0.0217 e. The molecule has 94 valence electrons. The van der Waals surface area contributed by atoms with Crippen molar-refractivity contribution < 1.29 is 0 Å². The highest BCUT2D eigenvalue weighted by Gasteiger charge is 2.37. The summed E-state index contributed by atoms with van der Waals surface area (Å²) in [4.78, 5) is 2.68. The number of fused-ring (bicyclic) bond motifs is 1. The van der Waals surface area contributed by atoms with Gasteiger partial charge in [0.1, 0.15) is 0 Å². The summed E-state index contributed by atoms with van der Waals surface area (Å²) in [6.45, 7) is 9.16. The van der Waals surface area contributed by atoms with Gasteiger partial charge in [0.15, 0.2) is 0 Å². The van der Waals surface area contributed by atoms with Gasteiger partial charge in [-0.25, -0.2) is 0 Å². The molecular weight excluding hydrogens is 196 g/mol. The maximum Gasteiger partial charge on any atom is 0.0217 e. The van der Waals surface area contributed by atoms with Gasteiger partial charge >= 0.3 is 0 Å². The molecule has 0 spiro atoms. The fourth-order valence-electron chi connectivity index (χ4n) is 3.26. The molecule has 0 amide bonds. The largest absolute Gasteiger partial charge is 0.326 e. The van der Waals surface area contributed by atoms with E-state index in [9.17, 15) is 0 Å². The van der Waals surface area contributed by atoms with Crippen LogP contribution in [0.2, 0.25) is 0 Å². The predicted molar refractivity (Wildman–Crippen MR) is 69.4 cm³/mol. The minimum absolute atomic E-state index is 0.243. The van der Waals surface area contributed by atoms with Crippen LogP contribution in [0, 0.1) is 11.3 Å². The maximum atomic E-state index is 6.31. The Labute approximate surface area is 101 Å². The zero-order valence-electron chi connectivity index (χ0n) is 11.2. The fraction of sp³-hybridized carbons (Fsp3) is 1.00. The van der Waals surface area contributed by atoms with Crippen LogP contribution in [0.4, 0.5) is 0 Å². The Morgan fingerprint density at radius 2 is 1.88 bits per heavy atom. The first kappa shape index (κ1) is 12.4. The topological polar surface area (TPSA) is 29.3 Å². The van der Waals surface area contributed by atoms with Crippen LogP contribution in [0.15, 0.2) is 0 Å². The van der Waals surface area contributed by atoms with E-state index in [0.29, 0.717) is 6.04 Å². The molecule has 3 unspecified atom stereocenters. The Hall–Kier alpha value is -0.0800. The van der Waals surface area contributed by atoms with E-state index >= 15 is 0 Å². The molecule has 2 rings (SSSR count). The van der Waals surface area contributed by atoms with Gasteiger partial charge in [-0.1, -0.05) is 33.6 Å². The van der Waals surface area contributed by atoms with Crippen molar-refractivity contribution in [3.05, 3.63) is 0 Å². The zero-order valence-corrected chi connectivity index (χ0v) is 11.2. The van der Waals surface area contributed by atoms with Crippen molar-refractivity contribution in [3.63, 3.8) is 0 Å². The molecule has 0 aromatic rings. The third kappa shape index (κ3) is 2.60. The number of nitrogens with two attached hydrogens (primary N) is 1. The average Bonchev–Trinajstić information content (AvgIpc) is 2.61. The van der Waals surface area contributed by atoms with Crippen molar-refractivity contribution >= 4 is 0 Å². The Bertz CT molecular complexity index is 231. The minimum atomic E-state index is 0.243. The summed E-state index contributed by atoms with van der Waals surface area (Å²) in [6.07, 6.45) is 7.19. The van der Waals surface area contributed by atoms with Crippen LogP contribution < -0.4 is 5.73 Å². The Balaban J connectivity index is 1.91. The second kappa shape index (κ2) is 4.66. The molecule has 2 heteroatoms. The van der Waals surface area contributed by atoms with Gasteiger partial charge in [0.25, 0.3) is 0 Å². The molecule has 0 aromatic carbocycles. The van der Waals surface area contributed by atoms with E-state index in [0.717, 1.165) is 18.5 Å². The van der Waals surface area contributed by atoms with Crippen molar-refractivity contribution in [2.45, 2.75) is 65.0 Å². The summed E-state index contributed by atoms with van der Waals surface area (Å²) in [7, 11) is 0.